The maximum absolute atomic E-state index is 13.6. The van der Waals surface area contributed by atoms with E-state index < -0.39 is 0 Å². The highest BCUT2D eigenvalue weighted by Gasteiger charge is 2.23. The van der Waals surface area contributed by atoms with Crippen LogP contribution in [-0.2, 0) is 6.54 Å². The van der Waals surface area contributed by atoms with Gasteiger partial charge in [-0.15, -0.1) is 0 Å². The highest BCUT2D eigenvalue weighted by Crippen LogP contribution is 2.24. The van der Waals surface area contributed by atoms with E-state index in [4.69, 9.17) is 0 Å². The van der Waals surface area contributed by atoms with E-state index in [2.05, 4.69) is 18.1 Å². The molecule has 0 radical (unpaired) electrons. The summed E-state index contributed by atoms with van der Waals surface area (Å²) < 4.78 is 1.46. The first-order valence-corrected chi connectivity index (χ1v) is 10.4. The molecule has 3 rings (SSSR count). The van der Waals surface area contributed by atoms with Crippen LogP contribution in [0, 0.1) is 13.8 Å². The number of amides is 1. The van der Waals surface area contributed by atoms with E-state index >= 15 is 0 Å². The molecule has 5 nitrogen and oxygen atoms in total. The van der Waals surface area contributed by atoms with Gasteiger partial charge in [0.25, 0.3) is 11.5 Å². The molecule has 0 saturated carbocycles. The van der Waals surface area contributed by atoms with Crippen LogP contribution in [-0.4, -0.2) is 22.2 Å². The minimum atomic E-state index is -0.181. The van der Waals surface area contributed by atoms with E-state index in [1.165, 1.54) is 4.68 Å². The molecule has 1 aromatic heterocycles. The Morgan fingerprint density at radius 1 is 1.03 bits per heavy atom. The van der Waals surface area contributed by atoms with Crippen molar-refractivity contribution in [2.24, 2.45) is 0 Å². The molecule has 1 amide bonds. The number of carbonyl (C=O) groups excluding carboxylic acids is 1. The minimum absolute atomic E-state index is 0.136. The summed E-state index contributed by atoms with van der Waals surface area (Å²) in [7, 11) is 0. The van der Waals surface area contributed by atoms with Crippen molar-refractivity contribution in [3.8, 4) is 0 Å². The number of unbranched alkanes of at least 4 members (excludes halogenated alkanes) is 2. The van der Waals surface area contributed by atoms with Crippen LogP contribution in [0.3, 0.4) is 0 Å². The van der Waals surface area contributed by atoms with Gasteiger partial charge in [0, 0.05) is 24.2 Å². The first-order chi connectivity index (χ1) is 14.0. The lowest BCUT2D eigenvalue weighted by Gasteiger charge is -2.24. The summed E-state index contributed by atoms with van der Waals surface area (Å²) in [5.41, 5.74) is 3.27. The van der Waals surface area contributed by atoms with E-state index in [1.54, 1.807) is 11.0 Å². The first-order valence-electron chi connectivity index (χ1n) is 10.4. The van der Waals surface area contributed by atoms with E-state index in [-0.39, 0.29) is 11.5 Å². The molecule has 0 bridgehead atoms. The fourth-order valence-corrected chi connectivity index (χ4v) is 3.72. The van der Waals surface area contributed by atoms with E-state index in [0.717, 1.165) is 36.1 Å². The Labute approximate surface area is 172 Å². The fourth-order valence-electron chi connectivity index (χ4n) is 3.72. The van der Waals surface area contributed by atoms with Gasteiger partial charge >= 0.3 is 0 Å². The number of hydrogen-bond donors (Lipinski definition) is 0. The zero-order chi connectivity index (χ0) is 21.0. The quantitative estimate of drug-likeness (QED) is 0.540. The number of aromatic nitrogens is 2. The zero-order valence-corrected chi connectivity index (χ0v) is 17.7. The van der Waals surface area contributed by atoms with Crippen LogP contribution < -0.4 is 10.5 Å². The van der Waals surface area contributed by atoms with Gasteiger partial charge in [0.1, 0.15) is 0 Å². The molecule has 0 aliphatic rings. The summed E-state index contributed by atoms with van der Waals surface area (Å²) in [6.07, 6.45) is 2.95. The maximum Gasteiger partial charge on any atom is 0.279 e. The standard InChI is InChI=1S/C24H29N3O2/c1-5-7-10-15-27-23(28)20-12-9-8-11-19(20)22(25-27)24(29)26(6-2)21-14-13-17(3)16-18(21)4/h8-9,11-14,16H,5-7,10,15H2,1-4H3. The fraction of sp³-hybridized carbons (Fsp3) is 0.375. The van der Waals surface area contributed by atoms with Crippen LogP contribution in [0.15, 0.2) is 47.3 Å². The van der Waals surface area contributed by atoms with Crippen molar-refractivity contribution in [3.05, 3.63) is 69.6 Å². The van der Waals surface area contributed by atoms with Gasteiger partial charge in [-0.1, -0.05) is 55.7 Å². The van der Waals surface area contributed by atoms with E-state index in [9.17, 15) is 9.59 Å². The maximum atomic E-state index is 13.6. The lowest BCUT2D eigenvalue weighted by atomic mass is 10.1. The van der Waals surface area contributed by atoms with E-state index in [0.29, 0.717) is 29.6 Å². The van der Waals surface area contributed by atoms with Crippen molar-refractivity contribution >= 4 is 22.4 Å². The Balaban J connectivity index is 2.12. The molecule has 29 heavy (non-hydrogen) atoms. The van der Waals surface area contributed by atoms with Gasteiger partial charge in [-0.05, 0) is 44.9 Å². The van der Waals surface area contributed by atoms with Crippen LogP contribution in [0.25, 0.3) is 10.8 Å². The van der Waals surface area contributed by atoms with Gasteiger partial charge < -0.3 is 4.90 Å². The average molecular weight is 392 g/mol. The number of rotatable bonds is 7. The third-order valence-electron chi connectivity index (χ3n) is 5.25. The van der Waals surface area contributed by atoms with Crippen LogP contribution in [0.1, 0.15) is 54.7 Å². The van der Waals surface area contributed by atoms with Gasteiger partial charge in [-0.25, -0.2) is 4.68 Å². The second-order valence-corrected chi connectivity index (χ2v) is 7.47. The van der Waals surface area contributed by atoms with Gasteiger partial charge in [0.05, 0.1) is 5.39 Å². The smallest absolute Gasteiger partial charge is 0.279 e. The molecule has 3 aromatic rings. The summed E-state index contributed by atoms with van der Waals surface area (Å²) >= 11 is 0. The van der Waals surface area contributed by atoms with Crippen molar-refractivity contribution in [1.29, 1.82) is 0 Å². The zero-order valence-electron chi connectivity index (χ0n) is 17.7. The monoisotopic (exact) mass is 391 g/mol. The molecule has 0 fully saturated rings. The SMILES string of the molecule is CCCCCn1nc(C(=O)N(CC)c2ccc(C)cc2C)c2ccccc2c1=O. The molecule has 0 unspecified atom stereocenters. The van der Waals surface area contributed by atoms with Crippen molar-refractivity contribution in [1.82, 2.24) is 9.78 Å². The Kier molecular flexibility index (Phi) is 6.47. The number of aryl methyl sites for hydroxylation is 3. The topological polar surface area (TPSA) is 55.2 Å². The summed E-state index contributed by atoms with van der Waals surface area (Å²) in [5.74, 6) is -0.181. The van der Waals surface area contributed by atoms with Gasteiger partial charge in [0.15, 0.2) is 5.69 Å². The lowest BCUT2D eigenvalue weighted by molar-refractivity contribution is 0.0982. The predicted octanol–water partition coefficient (Wildman–Crippen LogP) is 4.87. The second kappa shape index (κ2) is 9.03. The van der Waals surface area contributed by atoms with Crippen LogP contribution in [0.4, 0.5) is 5.69 Å². The van der Waals surface area contributed by atoms with Crippen molar-refractivity contribution in [3.63, 3.8) is 0 Å². The Morgan fingerprint density at radius 2 is 1.76 bits per heavy atom. The first kappa shape index (κ1) is 20.8. The third-order valence-corrected chi connectivity index (χ3v) is 5.25. The van der Waals surface area contributed by atoms with E-state index in [1.807, 2.05) is 51.1 Å². The summed E-state index contributed by atoms with van der Waals surface area (Å²) in [6.45, 7) is 9.16. The lowest BCUT2D eigenvalue weighted by Crippen LogP contribution is -2.35. The minimum Gasteiger partial charge on any atom is -0.307 e. The largest absolute Gasteiger partial charge is 0.307 e. The van der Waals surface area contributed by atoms with Crippen LogP contribution >= 0.6 is 0 Å². The molecule has 1 heterocycles. The van der Waals surface area contributed by atoms with Gasteiger partial charge in [-0.3, -0.25) is 9.59 Å². The summed E-state index contributed by atoms with van der Waals surface area (Å²) in [4.78, 5) is 28.2. The average Bonchev–Trinajstić information content (AvgIpc) is 2.72. The number of anilines is 1. The van der Waals surface area contributed by atoms with Crippen molar-refractivity contribution in [2.45, 2.75) is 53.5 Å². The Morgan fingerprint density at radius 3 is 2.41 bits per heavy atom. The molecule has 0 atom stereocenters. The number of fused-ring (bicyclic) bond motifs is 1. The highest BCUT2D eigenvalue weighted by atomic mass is 16.2. The van der Waals surface area contributed by atoms with Crippen molar-refractivity contribution in [2.75, 3.05) is 11.4 Å². The molecule has 5 heteroatoms. The Bertz CT molecular complexity index is 1090. The molecular weight excluding hydrogens is 362 g/mol. The van der Waals surface area contributed by atoms with Crippen LogP contribution in [0.5, 0.6) is 0 Å². The molecule has 0 aliphatic carbocycles. The highest BCUT2D eigenvalue weighted by molar-refractivity contribution is 6.12. The number of benzene rings is 2. The summed E-state index contributed by atoms with van der Waals surface area (Å²) in [6, 6.07) is 13.3. The van der Waals surface area contributed by atoms with Crippen LogP contribution in [0.2, 0.25) is 0 Å². The molecule has 0 N–H and O–H groups in total. The van der Waals surface area contributed by atoms with Gasteiger partial charge in [-0.2, -0.15) is 5.10 Å². The summed E-state index contributed by atoms with van der Waals surface area (Å²) in [5, 5.41) is 5.68. The molecule has 152 valence electrons. The number of nitrogens with zero attached hydrogens (tertiary/aromatic N) is 3. The number of hydrogen-bond acceptors (Lipinski definition) is 3. The molecule has 2 aromatic carbocycles. The Hall–Kier alpha value is -2.95. The molecule has 0 spiro atoms. The molecule has 0 saturated heterocycles. The molecule has 0 aliphatic heterocycles. The third kappa shape index (κ3) is 4.24. The van der Waals surface area contributed by atoms with Gasteiger partial charge in [0.2, 0.25) is 0 Å². The molecular formula is C24H29N3O2. The second-order valence-electron chi connectivity index (χ2n) is 7.47. The normalized spacial score (nSPS) is 11.0. The van der Waals surface area contributed by atoms with Crippen molar-refractivity contribution < 1.29 is 4.79 Å². The number of carbonyl (C=O) groups is 1. The predicted molar refractivity (Wildman–Crippen MR) is 119 cm³/mol.